The van der Waals surface area contributed by atoms with Crippen molar-refractivity contribution in [3.8, 4) is 0 Å². The van der Waals surface area contributed by atoms with Gasteiger partial charge < -0.3 is 9.84 Å². The number of alkyl halides is 2. The number of rotatable bonds is 4. The molecule has 14 heavy (non-hydrogen) atoms. The van der Waals surface area contributed by atoms with Crippen molar-refractivity contribution in [3.63, 3.8) is 0 Å². The second-order valence-corrected chi connectivity index (χ2v) is 4.12. The summed E-state index contributed by atoms with van der Waals surface area (Å²) in [5.74, 6) is 0. The molecule has 0 aromatic heterocycles. The van der Waals surface area contributed by atoms with Gasteiger partial charge in [-0.15, -0.1) is 23.2 Å². The van der Waals surface area contributed by atoms with E-state index in [-0.39, 0.29) is 0 Å². The molecular weight excluding hydrogens is 223 g/mol. The lowest BCUT2D eigenvalue weighted by molar-refractivity contribution is 0.184. The first-order valence-corrected chi connectivity index (χ1v) is 5.06. The van der Waals surface area contributed by atoms with Crippen LogP contribution in [0, 0.1) is 0 Å². The number of ether oxygens (including phenoxy) is 1. The molecule has 1 unspecified atom stereocenters. The SMILES string of the molecule is COCc1ccc(C(O)C(Cl)Cl)cc1. The first-order chi connectivity index (χ1) is 6.65. The van der Waals surface area contributed by atoms with Crippen LogP contribution >= 0.6 is 23.2 Å². The molecule has 0 aliphatic rings. The molecule has 0 fully saturated rings. The van der Waals surface area contributed by atoms with Crippen LogP contribution in [-0.4, -0.2) is 17.1 Å². The van der Waals surface area contributed by atoms with Crippen LogP contribution < -0.4 is 0 Å². The molecule has 0 aliphatic heterocycles. The number of benzene rings is 1. The summed E-state index contributed by atoms with van der Waals surface area (Å²) in [5.41, 5.74) is 1.75. The highest BCUT2D eigenvalue weighted by Gasteiger charge is 2.14. The van der Waals surface area contributed by atoms with Crippen molar-refractivity contribution in [3.05, 3.63) is 35.4 Å². The monoisotopic (exact) mass is 234 g/mol. The van der Waals surface area contributed by atoms with Crippen molar-refractivity contribution >= 4 is 23.2 Å². The zero-order valence-corrected chi connectivity index (χ0v) is 9.29. The van der Waals surface area contributed by atoms with E-state index in [0.717, 1.165) is 5.56 Å². The zero-order chi connectivity index (χ0) is 10.6. The van der Waals surface area contributed by atoms with Crippen LogP contribution in [0.4, 0.5) is 0 Å². The van der Waals surface area contributed by atoms with E-state index in [1.807, 2.05) is 12.1 Å². The number of aliphatic hydroxyl groups is 1. The van der Waals surface area contributed by atoms with Gasteiger partial charge in [0.1, 0.15) is 10.9 Å². The molecule has 1 aromatic rings. The highest BCUT2D eigenvalue weighted by atomic mass is 35.5. The van der Waals surface area contributed by atoms with E-state index >= 15 is 0 Å². The normalized spacial score (nSPS) is 13.2. The molecule has 1 N–H and O–H groups in total. The van der Waals surface area contributed by atoms with E-state index in [2.05, 4.69) is 0 Å². The molecule has 1 atom stereocenters. The molecule has 4 heteroatoms. The van der Waals surface area contributed by atoms with Gasteiger partial charge in [-0.05, 0) is 11.1 Å². The van der Waals surface area contributed by atoms with Gasteiger partial charge in [0.15, 0.2) is 0 Å². The van der Waals surface area contributed by atoms with Crippen molar-refractivity contribution in [1.82, 2.24) is 0 Å². The van der Waals surface area contributed by atoms with E-state index in [1.54, 1.807) is 19.2 Å². The fourth-order valence-corrected chi connectivity index (χ4v) is 1.41. The molecule has 1 rings (SSSR count). The summed E-state index contributed by atoms with van der Waals surface area (Å²) in [5, 5.41) is 9.52. The highest BCUT2D eigenvalue weighted by Crippen LogP contribution is 2.23. The Kier molecular flexibility index (Phi) is 4.69. The average molecular weight is 235 g/mol. The lowest BCUT2D eigenvalue weighted by Gasteiger charge is -2.11. The second-order valence-electron chi connectivity index (χ2n) is 2.95. The maximum atomic E-state index is 9.52. The Morgan fingerprint density at radius 3 is 2.29 bits per heavy atom. The molecule has 0 radical (unpaired) electrons. The largest absolute Gasteiger partial charge is 0.386 e. The summed E-state index contributed by atoms with van der Waals surface area (Å²) in [4.78, 5) is -0.803. The fraction of sp³-hybridized carbons (Fsp3) is 0.400. The van der Waals surface area contributed by atoms with Crippen LogP contribution in [0.2, 0.25) is 0 Å². The molecule has 0 spiro atoms. The topological polar surface area (TPSA) is 29.5 Å². The first kappa shape index (κ1) is 11.8. The molecule has 1 aromatic carbocycles. The van der Waals surface area contributed by atoms with Crippen LogP contribution in [-0.2, 0) is 11.3 Å². The summed E-state index contributed by atoms with van der Waals surface area (Å²) in [7, 11) is 1.64. The van der Waals surface area contributed by atoms with Gasteiger partial charge in [-0.1, -0.05) is 24.3 Å². The zero-order valence-electron chi connectivity index (χ0n) is 7.78. The standard InChI is InChI=1S/C10H12Cl2O2/c1-14-6-7-2-4-8(5-3-7)9(13)10(11)12/h2-5,9-10,13H,6H2,1H3. The smallest absolute Gasteiger partial charge is 0.137 e. The Balaban J connectivity index is 2.72. The summed E-state index contributed by atoms with van der Waals surface area (Å²) in [6.07, 6.45) is -0.838. The first-order valence-electron chi connectivity index (χ1n) is 4.19. The lowest BCUT2D eigenvalue weighted by Crippen LogP contribution is -2.05. The molecule has 0 amide bonds. The molecule has 2 nitrogen and oxygen atoms in total. The molecule has 0 bridgehead atoms. The average Bonchev–Trinajstić information content (AvgIpc) is 2.18. The number of methoxy groups -OCH3 is 1. The second kappa shape index (κ2) is 5.56. The third-order valence-electron chi connectivity index (χ3n) is 1.87. The molecule has 0 saturated carbocycles. The number of hydrogen-bond donors (Lipinski definition) is 1. The van der Waals surface area contributed by atoms with Crippen molar-refractivity contribution in [2.45, 2.75) is 17.5 Å². The van der Waals surface area contributed by atoms with Crippen molar-refractivity contribution in [2.24, 2.45) is 0 Å². The predicted molar refractivity (Wildman–Crippen MR) is 57.6 cm³/mol. The molecule has 0 saturated heterocycles. The predicted octanol–water partition coefficient (Wildman–Crippen LogP) is 2.67. The Morgan fingerprint density at radius 1 is 1.29 bits per heavy atom. The summed E-state index contributed by atoms with van der Waals surface area (Å²) < 4.78 is 4.96. The van der Waals surface area contributed by atoms with Gasteiger partial charge in [0.2, 0.25) is 0 Å². The van der Waals surface area contributed by atoms with Gasteiger partial charge >= 0.3 is 0 Å². The summed E-state index contributed by atoms with van der Waals surface area (Å²) in [6.45, 7) is 0.557. The van der Waals surface area contributed by atoms with Gasteiger partial charge in [-0.25, -0.2) is 0 Å². The summed E-state index contributed by atoms with van der Waals surface area (Å²) >= 11 is 11.1. The van der Waals surface area contributed by atoms with Gasteiger partial charge in [0, 0.05) is 7.11 Å². The minimum atomic E-state index is -0.838. The van der Waals surface area contributed by atoms with Crippen molar-refractivity contribution in [2.75, 3.05) is 7.11 Å². The quantitative estimate of drug-likeness (QED) is 0.813. The molecule has 0 aliphatic carbocycles. The number of aliphatic hydroxyl groups excluding tert-OH is 1. The Morgan fingerprint density at radius 2 is 1.86 bits per heavy atom. The van der Waals surface area contributed by atoms with Crippen LogP contribution in [0.1, 0.15) is 17.2 Å². The number of hydrogen-bond acceptors (Lipinski definition) is 2. The lowest BCUT2D eigenvalue weighted by atomic mass is 10.1. The van der Waals surface area contributed by atoms with Gasteiger partial charge in [-0.3, -0.25) is 0 Å². The van der Waals surface area contributed by atoms with Crippen LogP contribution in [0.15, 0.2) is 24.3 Å². The third-order valence-corrected chi connectivity index (χ3v) is 2.35. The van der Waals surface area contributed by atoms with Gasteiger partial charge in [0.05, 0.1) is 6.61 Å². The van der Waals surface area contributed by atoms with Crippen molar-refractivity contribution in [1.29, 1.82) is 0 Å². The maximum absolute atomic E-state index is 9.52. The Hall–Kier alpha value is -0.280. The molecule has 78 valence electrons. The van der Waals surface area contributed by atoms with Crippen LogP contribution in [0.3, 0.4) is 0 Å². The third kappa shape index (κ3) is 3.14. The van der Waals surface area contributed by atoms with Crippen molar-refractivity contribution < 1.29 is 9.84 Å². The highest BCUT2D eigenvalue weighted by molar-refractivity contribution is 6.44. The molecular formula is C10H12Cl2O2. The van der Waals surface area contributed by atoms with E-state index in [1.165, 1.54) is 0 Å². The van der Waals surface area contributed by atoms with Gasteiger partial charge in [-0.2, -0.15) is 0 Å². The van der Waals surface area contributed by atoms with E-state index < -0.39 is 10.9 Å². The van der Waals surface area contributed by atoms with E-state index in [4.69, 9.17) is 27.9 Å². The Labute approximate surface area is 93.4 Å². The summed E-state index contributed by atoms with van der Waals surface area (Å²) in [6, 6.07) is 7.32. The number of halogens is 2. The Bertz CT molecular complexity index is 272. The van der Waals surface area contributed by atoms with Gasteiger partial charge in [0.25, 0.3) is 0 Å². The molecule has 0 heterocycles. The van der Waals surface area contributed by atoms with Crippen LogP contribution in [0.5, 0.6) is 0 Å². The van der Waals surface area contributed by atoms with E-state index in [0.29, 0.717) is 12.2 Å². The minimum Gasteiger partial charge on any atom is -0.386 e. The maximum Gasteiger partial charge on any atom is 0.137 e. The fourth-order valence-electron chi connectivity index (χ4n) is 1.12. The van der Waals surface area contributed by atoms with E-state index in [9.17, 15) is 5.11 Å². The van der Waals surface area contributed by atoms with Crippen LogP contribution in [0.25, 0.3) is 0 Å². The minimum absolute atomic E-state index is 0.557.